The van der Waals surface area contributed by atoms with Crippen LogP contribution in [-0.4, -0.2) is 88.9 Å². The van der Waals surface area contributed by atoms with Crippen molar-refractivity contribution < 1.29 is 14.3 Å². The number of carbonyl (C=O) groups excluding carboxylic acids is 1. The molecule has 0 spiro atoms. The van der Waals surface area contributed by atoms with Gasteiger partial charge in [0.05, 0.1) is 18.5 Å². The third-order valence-electron chi connectivity index (χ3n) is 6.52. The van der Waals surface area contributed by atoms with E-state index >= 15 is 0 Å². The van der Waals surface area contributed by atoms with Gasteiger partial charge in [-0.05, 0) is 23.3 Å². The Balaban J connectivity index is 1.28. The van der Waals surface area contributed by atoms with Gasteiger partial charge in [0.2, 0.25) is 0 Å². The Labute approximate surface area is 203 Å². The number of amides is 1. The zero-order valence-electron chi connectivity index (χ0n) is 20.4. The van der Waals surface area contributed by atoms with E-state index in [1.165, 1.54) is 0 Å². The van der Waals surface area contributed by atoms with Gasteiger partial charge in [-0.1, -0.05) is 18.2 Å². The fourth-order valence-corrected chi connectivity index (χ4v) is 4.57. The van der Waals surface area contributed by atoms with Crippen LogP contribution in [-0.2, 0) is 23.1 Å². The molecule has 1 fully saturated rings. The maximum Gasteiger partial charge on any atom is 0.410 e. The number of hydrogen-bond donors (Lipinski definition) is 2. The summed E-state index contributed by atoms with van der Waals surface area (Å²) in [7, 11) is 5.53. The van der Waals surface area contributed by atoms with Crippen LogP contribution in [0.2, 0.25) is 0 Å². The summed E-state index contributed by atoms with van der Waals surface area (Å²) in [5, 5.41) is 4.14. The number of H-pyrrole nitrogens is 1. The lowest BCUT2D eigenvalue weighted by Crippen LogP contribution is -2.49. The highest BCUT2D eigenvalue weighted by Gasteiger charge is 2.22. The fourth-order valence-electron chi connectivity index (χ4n) is 4.57. The summed E-state index contributed by atoms with van der Waals surface area (Å²) in [6, 6.07) is 10.1. The lowest BCUT2D eigenvalue weighted by molar-refractivity contribution is 0.0636. The van der Waals surface area contributed by atoms with E-state index in [2.05, 4.69) is 26.3 Å². The van der Waals surface area contributed by atoms with Gasteiger partial charge < -0.3 is 29.2 Å². The molecular formula is C25H31N7O3. The Kier molecular flexibility index (Phi) is 6.56. The monoisotopic (exact) mass is 477 g/mol. The van der Waals surface area contributed by atoms with E-state index in [-0.39, 0.29) is 12.7 Å². The smallest absolute Gasteiger partial charge is 0.410 e. The van der Waals surface area contributed by atoms with Crippen molar-refractivity contribution in [2.75, 3.05) is 58.8 Å². The molecule has 10 nitrogen and oxygen atoms in total. The molecule has 0 aliphatic carbocycles. The van der Waals surface area contributed by atoms with Crippen LogP contribution in [0.4, 0.5) is 10.6 Å². The maximum atomic E-state index is 12.6. The Morgan fingerprint density at radius 1 is 1.20 bits per heavy atom. The van der Waals surface area contributed by atoms with Crippen LogP contribution < -0.4 is 5.32 Å². The molecule has 1 saturated heterocycles. The summed E-state index contributed by atoms with van der Waals surface area (Å²) in [5.74, 6) is 0.738. The molecule has 2 N–H and O–H groups in total. The maximum absolute atomic E-state index is 12.6. The number of benzene rings is 1. The van der Waals surface area contributed by atoms with Crippen molar-refractivity contribution in [1.29, 1.82) is 0 Å². The number of fused-ring (bicyclic) bond motifs is 3. The summed E-state index contributed by atoms with van der Waals surface area (Å²) < 4.78 is 12.8. The molecule has 1 aliphatic heterocycles. The Morgan fingerprint density at radius 3 is 2.80 bits per heavy atom. The van der Waals surface area contributed by atoms with Crippen molar-refractivity contribution in [3.63, 3.8) is 0 Å². The molecule has 184 valence electrons. The third-order valence-corrected chi connectivity index (χ3v) is 6.52. The molecule has 0 radical (unpaired) electrons. The molecule has 3 aromatic heterocycles. The van der Waals surface area contributed by atoms with Gasteiger partial charge in [-0.25, -0.2) is 14.8 Å². The first-order chi connectivity index (χ1) is 17.1. The van der Waals surface area contributed by atoms with E-state index in [9.17, 15) is 4.79 Å². The van der Waals surface area contributed by atoms with E-state index in [4.69, 9.17) is 14.5 Å². The van der Waals surface area contributed by atoms with Crippen LogP contribution in [0, 0.1) is 0 Å². The van der Waals surface area contributed by atoms with Crippen LogP contribution in [0.5, 0.6) is 0 Å². The summed E-state index contributed by atoms with van der Waals surface area (Å²) in [4.78, 5) is 29.3. The number of aromatic nitrogens is 4. The second-order valence-corrected chi connectivity index (χ2v) is 8.78. The number of methoxy groups -OCH3 is 1. The number of pyridine rings is 1. The number of aryl methyl sites for hydroxylation is 1. The second kappa shape index (κ2) is 9.93. The first-order valence-electron chi connectivity index (χ1n) is 11.8. The van der Waals surface area contributed by atoms with Crippen LogP contribution in [0.3, 0.4) is 0 Å². The molecule has 1 aliphatic rings. The molecule has 0 atom stereocenters. The zero-order chi connectivity index (χ0) is 24.4. The van der Waals surface area contributed by atoms with Crippen molar-refractivity contribution in [3.05, 3.63) is 42.2 Å². The number of ether oxygens (including phenoxy) is 2. The first kappa shape index (κ1) is 23.1. The predicted octanol–water partition coefficient (Wildman–Crippen LogP) is 3.06. The number of rotatable bonds is 7. The van der Waals surface area contributed by atoms with Crippen molar-refractivity contribution in [2.24, 2.45) is 7.05 Å². The lowest BCUT2D eigenvalue weighted by Gasteiger charge is -2.33. The fraction of sp³-hybridized carbons (Fsp3) is 0.400. The second-order valence-electron chi connectivity index (χ2n) is 8.78. The average Bonchev–Trinajstić information content (AvgIpc) is 3.49. The number of nitrogens with zero attached hydrogens (tertiary/aromatic N) is 5. The standard InChI is InChI=1S/C25H31N7O3/c1-26-24-21-22(30(2)16-27-21)19-14-20(28-23(19)29-24)18-6-4-5-17(13-18)15-35-25(33)32-9-7-31(8-10-32)11-12-34-3/h4-6,13-14,16H,7-12,15H2,1-3H3,(H2,26,28,29). The van der Waals surface area contributed by atoms with Gasteiger partial charge in [-0.3, -0.25) is 4.90 Å². The summed E-state index contributed by atoms with van der Waals surface area (Å²) in [5.41, 5.74) is 5.54. The van der Waals surface area contributed by atoms with Gasteiger partial charge in [0, 0.05) is 65.0 Å². The van der Waals surface area contributed by atoms with Crippen molar-refractivity contribution in [3.8, 4) is 11.3 Å². The number of anilines is 1. The number of aromatic amines is 1. The molecule has 4 heterocycles. The molecule has 0 bridgehead atoms. The Hall–Kier alpha value is -3.63. The molecule has 1 aromatic carbocycles. The van der Waals surface area contributed by atoms with Crippen molar-refractivity contribution >= 4 is 34.0 Å². The summed E-state index contributed by atoms with van der Waals surface area (Å²) in [6.45, 7) is 4.83. The SMILES string of the molecule is CNc1nc2[nH]c(-c3cccc(COC(=O)N4CCN(CCOC)CC4)c3)cc2c2c1ncn2C. The zero-order valence-corrected chi connectivity index (χ0v) is 20.4. The summed E-state index contributed by atoms with van der Waals surface area (Å²) >= 11 is 0. The third kappa shape index (κ3) is 4.67. The van der Waals surface area contributed by atoms with Crippen LogP contribution >= 0.6 is 0 Å². The minimum atomic E-state index is -0.269. The largest absolute Gasteiger partial charge is 0.445 e. The lowest BCUT2D eigenvalue weighted by atomic mass is 10.1. The normalized spacial score (nSPS) is 14.7. The van der Waals surface area contributed by atoms with Gasteiger partial charge in [0.15, 0.2) is 5.82 Å². The molecule has 5 rings (SSSR count). The molecule has 35 heavy (non-hydrogen) atoms. The summed E-state index contributed by atoms with van der Waals surface area (Å²) in [6.07, 6.45) is 1.53. The van der Waals surface area contributed by atoms with Crippen molar-refractivity contribution in [2.45, 2.75) is 6.61 Å². The highest BCUT2D eigenvalue weighted by Crippen LogP contribution is 2.31. The highest BCUT2D eigenvalue weighted by atomic mass is 16.6. The Bertz CT molecular complexity index is 1340. The van der Waals surface area contributed by atoms with Gasteiger partial charge >= 0.3 is 6.09 Å². The van der Waals surface area contributed by atoms with Gasteiger partial charge in [-0.15, -0.1) is 0 Å². The van der Waals surface area contributed by atoms with E-state index in [0.29, 0.717) is 19.7 Å². The average molecular weight is 478 g/mol. The molecule has 10 heteroatoms. The molecular weight excluding hydrogens is 446 g/mol. The number of nitrogens with one attached hydrogen (secondary N) is 2. The molecule has 1 amide bonds. The molecule has 0 saturated carbocycles. The minimum absolute atomic E-state index is 0.227. The number of piperazine rings is 1. The number of imidazole rings is 1. The van der Waals surface area contributed by atoms with E-state index in [1.807, 2.05) is 42.9 Å². The predicted molar refractivity (Wildman–Crippen MR) is 135 cm³/mol. The molecule has 0 unspecified atom stereocenters. The van der Waals surface area contributed by atoms with E-state index in [0.717, 1.165) is 64.3 Å². The van der Waals surface area contributed by atoms with Gasteiger partial charge in [-0.2, -0.15) is 0 Å². The topological polar surface area (TPSA) is 101 Å². The Morgan fingerprint density at radius 2 is 2.03 bits per heavy atom. The van der Waals surface area contributed by atoms with E-state index in [1.54, 1.807) is 18.3 Å². The number of hydrogen-bond acceptors (Lipinski definition) is 7. The minimum Gasteiger partial charge on any atom is -0.445 e. The van der Waals surface area contributed by atoms with Gasteiger partial charge in [0.1, 0.15) is 17.8 Å². The van der Waals surface area contributed by atoms with Crippen LogP contribution in [0.1, 0.15) is 5.56 Å². The highest BCUT2D eigenvalue weighted by molar-refractivity contribution is 6.07. The van der Waals surface area contributed by atoms with E-state index < -0.39 is 0 Å². The number of carbonyl (C=O) groups is 1. The van der Waals surface area contributed by atoms with Gasteiger partial charge in [0.25, 0.3) is 0 Å². The quantitative estimate of drug-likeness (QED) is 0.422. The van der Waals surface area contributed by atoms with Crippen molar-refractivity contribution in [1.82, 2.24) is 29.3 Å². The van der Waals surface area contributed by atoms with Crippen LogP contribution in [0.25, 0.3) is 33.3 Å². The van der Waals surface area contributed by atoms with Crippen LogP contribution in [0.15, 0.2) is 36.7 Å². The molecule has 4 aromatic rings. The first-order valence-corrected chi connectivity index (χ1v) is 11.8.